The monoisotopic (exact) mass is 369 g/mol. The lowest BCUT2D eigenvalue weighted by Gasteiger charge is -2.14. The normalized spacial score (nSPS) is 15.8. The second-order valence-electron chi connectivity index (χ2n) is 7.78. The molecule has 0 bridgehead atoms. The van der Waals surface area contributed by atoms with Crippen molar-refractivity contribution in [3.05, 3.63) is 68.8 Å². The van der Waals surface area contributed by atoms with E-state index in [1.54, 1.807) is 0 Å². The molecule has 0 amide bonds. The van der Waals surface area contributed by atoms with Crippen LogP contribution >= 0.6 is 8.10 Å². The van der Waals surface area contributed by atoms with Crippen molar-refractivity contribution in [1.82, 2.24) is 9.34 Å². The van der Waals surface area contributed by atoms with Gasteiger partial charge in [0.05, 0.1) is 26.2 Å². The van der Waals surface area contributed by atoms with Crippen LogP contribution in [0.4, 0.5) is 0 Å². The Hall–Kier alpha value is -1.54. The molecule has 0 N–H and O–H groups in total. The smallest absolute Gasteiger partial charge is 0.0731 e. The molecule has 2 aromatic carbocycles. The Bertz CT molecular complexity index is 744. The highest BCUT2D eigenvalue weighted by atomic mass is 31.1. The van der Waals surface area contributed by atoms with Crippen molar-refractivity contribution in [2.75, 3.05) is 13.1 Å². The van der Waals surface area contributed by atoms with Gasteiger partial charge in [0, 0.05) is 0 Å². The number of nitrogens with zero attached hydrogens (tertiary/aromatic N) is 2. The molecule has 0 spiro atoms. The largest absolute Gasteiger partial charge is 0.538 e. The highest BCUT2D eigenvalue weighted by Gasteiger charge is 2.43. The van der Waals surface area contributed by atoms with Crippen molar-refractivity contribution < 1.29 is 4.57 Å². The SMILES string of the molecule is Cc1cc(C)c(CN2CCN(Cc3c(C)cc(C)cc3C)[P+]2=O)c(C)c1. The fourth-order valence-electron chi connectivity index (χ4n) is 4.14. The van der Waals surface area contributed by atoms with E-state index in [4.69, 9.17) is 0 Å². The average Bonchev–Trinajstić information content (AvgIpc) is 2.87. The summed E-state index contributed by atoms with van der Waals surface area (Å²) in [6.07, 6.45) is 0. The zero-order valence-electron chi connectivity index (χ0n) is 16.9. The number of hydrogen-bond acceptors (Lipinski definition) is 1. The molecule has 0 unspecified atom stereocenters. The van der Waals surface area contributed by atoms with Crippen LogP contribution in [0.3, 0.4) is 0 Å². The lowest BCUT2D eigenvalue weighted by atomic mass is 10.00. The zero-order valence-corrected chi connectivity index (χ0v) is 17.8. The molecule has 0 aromatic heterocycles. The van der Waals surface area contributed by atoms with Crippen molar-refractivity contribution in [1.29, 1.82) is 0 Å². The maximum Gasteiger partial charge on any atom is 0.538 e. The third-order valence-electron chi connectivity index (χ3n) is 5.46. The minimum absolute atomic E-state index is 0.773. The van der Waals surface area contributed by atoms with E-state index < -0.39 is 8.10 Å². The van der Waals surface area contributed by atoms with E-state index in [0.29, 0.717) is 0 Å². The Kier molecular flexibility index (Phi) is 5.62. The van der Waals surface area contributed by atoms with Crippen LogP contribution in [0.15, 0.2) is 24.3 Å². The summed E-state index contributed by atoms with van der Waals surface area (Å²) in [7, 11) is -1.49. The van der Waals surface area contributed by atoms with Crippen LogP contribution in [0.25, 0.3) is 0 Å². The maximum absolute atomic E-state index is 13.1. The molecule has 0 aliphatic carbocycles. The van der Waals surface area contributed by atoms with Gasteiger partial charge < -0.3 is 0 Å². The molecule has 3 rings (SSSR count). The summed E-state index contributed by atoms with van der Waals surface area (Å²) in [5.41, 5.74) is 10.4. The lowest BCUT2D eigenvalue weighted by molar-refractivity contribution is 0.455. The zero-order chi connectivity index (χ0) is 19.0. The van der Waals surface area contributed by atoms with Gasteiger partial charge in [-0.15, -0.1) is 0 Å². The minimum Gasteiger partial charge on any atom is -0.0731 e. The molecule has 2 aromatic rings. The molecule has 1 fully saturated rings. The third kappa shape index (κ3) is 3.91. The number of hydrogen-bond donors (Lipinski definition) is 0. The molecule has 3 nitrogen and oxygen atoms in total. The van der Waals surface area contributed by atoms with Crippen LogP contribution in [0.2, 0.25) is 0 Å². The Morgan fingerprint density at radius 1 is 0.692 bits per heavy atom. The molecule has 1 heterocycles. The number of benzene rings is 2. The maximum atomic E-state index is 13.1. The summed E-state index contributed by atoms with van der Waals surface area (Å²) in [6, 6.07) is 8.90. The quantitative estimate of drug-likeness (QED) is 0.664. The molecule has 0 saturated carbocycles. The molecule has 26 heavy (non-hydrogen) atoms. The van der Waals surface area contributed by atoms with Gasteiger partial charge in [-0.2, -0.15) is 0 Å². The molecule has 1 saturated heterocycles. The van der Waals surface area contributed by atoms with E-state index >= 15 is 0 Å². The van der Waals surface area contributed by atoms with Crippen molar-refractivity contribution in [2.45, 2.75) is 54.6 Å². The van der Waals surface area contributed by atoms with Gasteiger partial charge in [0.1, 0.15) is 0 Å². The molecule has 1 aliphatic heterocycles. The minimum atomic E-state index is -1.49. The summed E-state index contributed by atoms with van der Waals surface area (Å²) < 4.78 is 17.4. The topological polar surface area (TPSA) is 23.6 Å². The molecule has 4 heteroatoms. The summed E-state index contributed by atoms with van der Waals surface area (Å²) in [5.74, 6) is 0. The molecular weight excluding hydrogens is 339 g/mol. The lowest BCUT2D eigenvalue weighted by Crippen LogP contribution is -2.14. The first kappa shape index (κ1) is 19.2. The van der Waals surface area contributed by atoms with Crippen LogP contribution in [-0.4, -0.2) is 22.4 Å². The second kappa shape index (κ2) is 7.60. The molecule has 0 radical (unpaired) electrons. The van der Waals surface area contributed by atoms with Crippen LogP contribution < -0.4 is 0 Å². The highest BCUT2D eigenvalue weighted by molar-refractivity contribution is 7.39. The summed E-state index contributed by atoms with van der Waals surface area (Å²) in [5, 5.41) is 0. The van der Waals surface area contributed by atoms with E-state index in [0.717, 1.165) is 26.2 Å². The Morgan fingerprint density at radius 3 is 1.31 bits per heavy atom. The molecule has 138 valence electrons. The van der Waals surface area contributed by atoms with Crippen LogP contribution in [0.1, 0.15) is 44.5 Å². The predicted molar refractivity (Wildman–Crippen MR) is 110 cm³/mol. The Morgan fingerprint density at radius 2 is 1.00 bits per heavy atom. The van der Waals surface area contributed by atoms with E-state index in [9.17, 15) is 4.57 Å². The molecule has 1 aliphatic rings. The van der Waals surface area contributed by atoms with Gasteiger partial charge in [0.15, 0.2) is 0 Å². The summed E-state index contributed by atoms with van der Waals surface area (Å²) >= 11 is 0. The van der Waals surface area contributed by atoms with E-state index in [-0.39, 0.29) is 0 Å². The van der Waals surface area contributed by atoms with Crippen molar-refractivity contribution in [3.63, 3.8) is 0 Å². The van der Waals surface area contributed by atoms with Crippen molar-refractivity contribution in [3.8, 4) is 0 Å². The fraction of sp³-hybridized carbons (Fsp3) is 0.455. The van der Waals surface area contributed by atoms with E-state index in [1.165, 1.54) is 44.5 Å². The third-order valence-corrected chi connectivity index (χ3v) is 7.11. The van der Waals surface area contributed by atoms with Gasteiger partial charge in [-0.1, -0.05) is 44.7 Å². The summed E-state index contributed by atoms with van der Waals surface area (Å²) in [4.78, 5) is 0. The highest BCUT2D eigenvalue weighted by Crippen LogP contribution is 2.41. The van der Waals surface area contributed by atoms with E-state index in [1.807, 2.05) is 0 Å². The number of rotatable bonds is 4. The predicted octanol–water partition coefficient (Wildman–Crippen LogP) is 5.51. The fourth-order valence-corrected chi connectivity index (χ4v) is 5.55. The van der Waals surface area contributed by atoms with Crippen molar-refractivity contribution in [2.24, 2.45) is 0 Å². The first-order chi connectivity index (χ1) is 12.3. The van der Waals surface area contributed by atoms with Crippen LogP contribution in [-0.2, 0) is 17.7 Å². The van der Waals surface area contributed by atoms with Gasteiger partial charge in [0.25, 0.3) is 0 Å². The van der Waals surface area contributed by atoms with Gasteiger partial charge >= 0.3 is 8.10 Å². The first-order valence-corrected chi connectivity index (χ1v) is 10.5. The molecular formula is C22H30N2OP+. The Labute approximate surface area is 158 Å². The van der Waals surface area contributed by atoms with E-state index in [2.05, 4.69) is 75.1 Å². The van der Waals surface area contributed by atoms with Crippen molar-refractivity contribution >= 4 is 8.10 Å². The van der Waals surface area contributed by atoms with Crippen LogP contribution in [0, 0.1) is 41.5 Å². The molecule has 0 atom stereocenters. The van der Waals surface area contributed by atoms with Gasteiger partial charge in [0.2, 0.25) is 0 Å². The van der Waals surface area contributed by atoms with Gasteiger partial charge in [-0.3, -0.25) is 0 Å². The average molecular weight is 369 g/mol. The standard InChI is InChI=1S/C22H30N2OP/c1-15-9-17(3)21(18(4)10-15)13-23-7-8-24(26(23)25)14-22-19(5)11-16(2)12-20(22)6/h9-12H,7-8,13-14H2,1-6H3/q+1. The second-order valence-corrected chi connectivity index (χ2v) is 9.42. The summed E-state index contributed by atoms with van der Waals surface area (Å²) in [6.45, 7) is 16.2. The Balaban J connectivity index is 1.75. The first-order valence-electron chi connectivity index (χ1n) is 9.36. The van der Waals surface area contributed by atoms with Crippen LogP contribution in [0.5, 0.6) is 0 Å². The number of aryl methyl sites for hydroxylation is 6. The van der Waals surface area contributed by atoms with Gasteiger partial charge in [-0.05, 0) is 79.5 Å². The van der Waals surface area contributed by atoms with Gasteiger partial charge in [-0.25, -0.2) is 0 Å².